The summed E-state index contributed by atoms with van der Waals surface area (Å²) in [4.78, 5) is 11.6. The molecule has 10 heteroatoms. The molecular weight excluding hydrogens is 314 g/mol. The van der Waals surface area contributed by atoms with Crippen molar-refractivity contribution in [2.24, 2.45) is 0 Å². The van der Waals surface area contributed by atoms with Gasteiger partial charge in [-0.3, -0.25) is 0 Å². The summed E-state index contributed by atoms with van der Waals surface area (Å²) in [6.45, 7) is -0.263. The summed E-state index contributed by atoms with van der Waals surface area (Å²) in [5.74, 6) is -0.0746. The van der Waals surface area contributed by atoms with Gasteiger partial charge in [-0.1, -0.05) is 0 Å². The number of hydrogen-bond donors (Lipinski definition) is 1. The summed E-state index contributed by atoms with van der Waals surface area (Å²) in [5.41, 5.74) is -0.324. The Balaban J connectivity index is 2.10. The van der Waals surface area contributed by atoms with Crippen molar-refractivity contribution in [3.05, 3.63) is 29.8 Å². The van der Waals surface area contributed by atoms with Crippen LogP contribution in [-0.4, -0.2) is 25.5 Å². The van der Waals surface area contributed by atoms with Gasteiger partial charge in [-0.05, 0) is 0 Å². The summed E-state index contributed by atoms with van der Waals surface area (Å²) in [6, 6.07) is 5.45. The van der Waals surface area contributed by atoms with E-state index in [0.717, 1.165) is 0 Å². The van der Waals surface area contributed by atoms with Crippen molar-refractivity contribution >= 4 is 13.5 Å². The van der Waals surface area contributed by atoms with Gasteiger partial charge in [0.15, 0.2) is 0 Å². The van der Waals surface area contributed by atoms with Gasteiger partial charge in [0.25, 0.3) is 0 Å². The summed E-state index contributed by atoms with van der Waals surface area (Å²) in [6.07, 6.45) is -6.25. The van der Waals surface area contributed by atoms with E-state index in [1.54, 1.807) is 0 Å². The first-order valence-electron chi connectivity index (χ1n) is 6.03. The molecule has 1 amide bonds. The minimum absolute atomic E-state index is 0.0746. The quantitative estimate of drug-likeness (QED) is 0.744. The Morgan fingerprint density at radius 3 is 2.52 bits per heavy atom. The van der Waals surface area contributed by atoms with Crippen LogP contribution < -0.4 is 9.61 Å². The van der Waals surface area contributed by atoms with Crippen LogP contribution in [0, 0.1) is 0 Å². The number of carbonyl (C=O) groups excluding carboxylic acids is 1. The number of benzene rings is 1. The molecule has 3 heterocycles. The van der Waals surface area contributed by atoms with Gasteiger partial charge in [0.2, 0.25) is 0 Å². The van der Waals surface area contributed by atoms with E-state index < -0.39 is 25.0 Å². The van der Waals surface area contributed by atoms with Crippen molar-refractivity contribution in [3.8, 4) is 5.75 Å². The summed E-state index contributed by atoms with van der Waals surface area (Å²) < 4.78 is 62.6. The van der Waals surface area contributed by atoms with Gasteiger partial charge in [-0.25, -0.2) is 0 Å². The molecule has 1 unspecified atom stereocenters. The number of para-hydroxylation sites is 1. The molecule has 0 aromatic heterocycles. The van der Waals surface area contributed by atoms with Gasteiger partial charge in [-0.15, -0.1) is 0 Å². The van der Waals surface area contributed by atoms with Gasteiger partial charge < -0.3 is 0 Å². The van der Waals surface area contributed by atoms with Gasteiger partial charge in [0, 0.05) is 0 Å². The van der Waals surface area contributed by atoms with Crippen molar-refractivity contribution in [1.29, 1.82) is 0 Å². The van der Waals surface area contributed by atoms with Crippen molar-refractivity contribution in [2.45, 2.75) is 11.5 Å². The Kier molecular flexibility index (Phi) is 2.14. The van der Waals surface area contributed by atoms with Crippen LogP contribution in [0.4, 0.5) is 18.0 Å². The molecule has 3 aliphatic heterocycles. The molecule has 0 aliphatic carbocycles. The molecule has 1 spiro atoms. The second-order valence-corrected chi connectivity index (χ2v) is 8.10. The van der Waals surface area contributed by atoms with Crippen molar-refractivity contribution in [3.63, 3.8) is 0 Å². The zero-order valence-corrected chi connectivity index (χ0v) is 11.2. The third-order valence-electron chi connectivity index (χ3n) is 3.70. The number of nitrogens with one attached hydrogen (secondary N) is 1. The predicted octanol–water partition coefficient (Wildman–Crippen LogP) is 2.79. The topological polar surface area (TPSA) is 66.0 Å². The van der Waals surface area contributed by atoms with Crippen LogP contribution in [0.1, 0.15) is 5.56 Å². The molecule has 0 radical (unpaired) electrons. The van der Waals surface area contributed by atoms with E-state index in [9.17, 15) is 18.0 Å². The van der Waals surface area contributed by atoms with E-state index in [2.05, 4.69) is 5.09 Å². The monoisotopic (exact) mass is 323 g/mol. The molecule has 1 atom stereocenters. The van der Waals surface area contributed by atoms with Gasteiger partial charge >= 0.3 is 115 Å². The van der Waals surface area contributed by atoms with Gasteiger partial charge in [-0.2, -0.15) is 0 Å². The first-order chi connectivity index (χ1) is 9.83. The Morgan fingerprint density at radius 2 is 1.86 bits per heavy atom. The number of carbonyl (C=O) groups is 1. The van der Waals surface area contributed by atoms with E-state index in [0.29, 0.717) is 0 Å². The SMILES string of the molecule is O=C1NP23(OCCO2)Oc2ccccc2C3(C(F)(F)F)O1. The third kappa shape index (κ3) is 1.20. The Bertz CT molecular complexity index is 660. The first-order valence-corrected chi connectivity index (χ1v) is 8.02. The number of halogens is 3. The van der Waals surface area contributed by atoms with E-state index in [4.69, 9.17) is 18.3 Å². The molecule has 0 bridgehead atoms. The number of fused-ring (bicyclic) bond motifs is 2. The Labute approximate surface area is 116 Å². The van der Waals surface area contributed by atoms with Crippen LogP contribution in [0.25, 0.3) is 0 Å². The number of alkyl halides is 3. The molecule has 21 heavy (non-hydrogen) atoms. The average Bonchev–Trinajstić information content (AvgIpc) is 2.98. The second kappa shape index (κ2) is 3.43. The van der Waals surface area contributed by atoms with Crippen LogP contribution >= 0.6 is 7.43 Å². The first kappa shape index (κ1) is 13.1. The summed E-state index contributed by atoms with van der Waals surface area (Å²) in [7, 11) is -5.08. The van der Waals surface area contributed by atoms with Crippen LogP contribution in [0.5, 0.6) is 5.75 Å². The van der Waals surface area contributed by atoms with E-state index in [-0.39, 0.29) is 24.5 Å². The fourth-order valence-electron chi connectivity index (χ4n) is 3.00. The minimum atomic E-state index is -5.08. The Hall–Kier alpha value is -1.57. The number of hydrogen-bond acceptors (Lipinski definition) is 5. The standard InChI is InChI=1S/C11H9F3NO5P/c12-11(13,14)10-7-3-1-2-4-8(7)20-21(10,15-9(16)19-10)17-5-6-18-21/h1-4H,5-6H2,(H,15,16). The molecule has 114 valence electrons. The van der Waals surface area contributed by atoms with Crippen molar-refractivity contribution in [2.75, 3.05) is 13.2 Å². The molecule has 2 saturated heterocycles. The molecule has 1 N–H and O–H groups in total. The molecule has 0 saturated carbocycles. The van der Waals surface area contributed by atoms with Gasteiger partial charge in [0.1, 0.15) is 0 Å². The van der Waals surface area contributed by atoms with Crippen molar-refractivity contribution in [1.82, 2.24) is 5.09 Å². The molecule has 2 fully saturated rings. The van der Waals surface area contributed by atoms with Crippen molar-refractivity contribution < 1.29 is 36.3 Å². The third-order valence-corrected chi connectivity index (χ3v) is 7.77. The molecule has 4 rings (SSSR count). The number of amides is 1. The summed E-state index contributed by atoms with van der Waals surface area (Å²) >= 11 is 0. The normalized spacial score (nSPS) is 33.3. The van der Waals surface area contributed by atoms with Gasteiger partial charge in [0.05, 0.1) is 0 Å². The fraction of sp³-hybridized carbons (Fsp3) is 0.364. The van der Waals surface area contributed by atoms with Crippen LogP contribution in [0.3, 0.4) is 0 Å². The van der Waals surface area contributed by atoms with Crippen LogP contribution in [-0.2, 0) is 19.1 Å². The van der Waals surface area contributed by atoms with Crippen LogP contribution in [0.15, 0.2) is 24.3 Å². The van der Waals surface area contributed by atoms with E-state index >= 15 is 0 Å². The number of ether oxygens (including phenoxy) is 1. The maximum absolute atomic E-state index is 13.9. The molecule has 1 aromatic carbocycles. The maximum atomic E-state index is 13.9. The summed E-state index contributed by atoms with van der Waals surface area (Å²) in [5, 5.41) is -1.01. The molecule has 6 nitrogen and oxygen atoms in total. The molecular formula is C11H9F3NO5P. The second-order valence-electron chi connectivity index (χ2n) is 4.78. The molecule has 3 aliphatic rings. The number of rotatable bonds is 0. The zero-order chi connectivity index (χ0) is 15.0. The predicted molar refractivity (Wildman–Crippen MR) is 63.2 cm³/mol. The van der Waals surface area contributed by atoms with Crippen LogP contribution in [0.2, 0.25) is 0 Å². The average molecular weight is 323 g/mol. The zero-order valence-electron chi connectivity index (χ0n) is 10.3. The van der Waals surface area contributed by atoms with E-state index in [1.165, 1.54) is 24.3 Å². The Morgan fingerprint density at radius 1 is 1.19 bits per heavy atom. The fourth-order valence-corrected chi connectivity index (χ4v) is 6.97. The molecule has 1 aromatic rings. The van der Waals surface area contributed by atoms with E-state index in [1.807, 2.05) is 0 Å².